The van der Waals surface area contributed by atoms with Gasteiger partial charge in [0.25, 0.3) is 5.91 Å². The molecule has 5 rings (SSSR count). The highest BCUT2D eigenvalue weighted by Gasteiger charge is 2.50. The highest BCUT2D eigenvalue weighted by atomic mass is 16.3. The third-order valence-corrected chi connectivity index (χ3v) is 7.52. The summed E-state index contributed by atoms with van der Waals surface area (Å²) in [6.45, 7) is 0.538. The predicted molar refractivity (Wildman–Crippen MR) is 115 cm³/mol. The Hall–Kier alpha value is -2.46. The molecule has 0 aromatic heterocycles. The number of Topliss-reactive ketones (excluding diaryl/α,β-unsaturated/α-hetero) is 1. The lowest BCUT2D eigenvalue weighted by Crippen LogP contribution is -2.59. The number of likely N-dealkylation sites (tertiary alicyclic amines) is 1. The molecule has 1 saturated carbocycles. The van der Waals surface area contributed by atoms with Crippen LogP contribution in [0.5, 0.6) is 0 Å². The summed E-state index contributed by atoms with van der Waals surface area (Å²) < 4.78 is 0. The van der Waals surface area contributed by atoms with Crippen molar-refractivity contribution >= 4 is 11.7 Å². The Balaban J connectivity index is 1.45. The number of ketones is 1. The van der Waals surface area contributed by atoms with Gasteiger partial charge in [-0.15, -0.1) is 0 Å². The number of aryl methyl sites for hydroxylation is 1. The zero-order valence-corrected chi connectivity index (χ0v) is 17.3. The molecule has 1 unspecified atom stereocenters. The van der Waals surface area contributed by atoms with Crippen molar-refractivity contribution in [1.29, 1.82) is 0 Å². The second-order valence-corrected chi connectivity index (χ2v) is 9.15. The Morgan fingerprint density at radius 1 is 1.00 bits per heavy atom. The van der Waals surface area contributed by atoms with E-state index in [0.29, 0.717) is 24.9 Å². The predicted octanol–water partition coefficient (Wildman–Crippen LogP) is 4.50. The largest absolute Gasteiger partial charge is 0.385 e. The van der Waals surface area contributed by atoms with Crippen molar-refractivity contribution in [3.63, 3.8) is 0 Å². The summed E-state index contributed by atoms with van der Waals surface area (Å²) in [5.41, 5.74) is 2.49. The van der Waals surface area contributed by atoms with Gasteiger partial charge in [0, 0.05) is 36.1 Å². The molecular weight excluding hydrogens is 374 g/mol. The monoisotopic (exact) mass is 403 g/mol. The maximum Gasteiger partial charge on any atom is 0.254 e. The number of hydrogen-bond acceptors (Lipinski definition) is 3. The first-order valence-electron chi connectivity index (χ1n) is 11.3. The molecule has 2 fully saturated rings. The molecule has 0 bridgehead atoms. The van der Waals surface area contributed by atoms with Gasteiger partial charge in [0.15, 0.2) is 5.78 Å². The lowest BCUT2D eigenvalue weighted by molar-refractivity contribution is -0.110. The van der Waals surface area contributed by atoms with Crippen LogP contribution in [0.4, 0.5) is 0 Å². The molecule has 3 atom stereocenters. The van der Waals surface area contributed by atoms with E-state index in [2.05, 4.69) is 0 Å². The summed E-state index contributed by atoms with van der Waals surface area (Å²) in [7, 11) is 0. The highest BCUT2D eigenvalue weighted by Crippen LogP contribution is 2.47. The van der Waals surface area contributed by atoms with Crippen LogP contribution in [0.25, 0.3) is 0 Å². The molecule has 1 aliphatic heterocycles. The maximum atomic E-state index is 13.5. The maximum absolute atomic E-state index is 13.5. The van der Waals surface area contributed by atoms with Crippen LogP contribution >= 0.6 is 0 Å². The number of rotatable bonds is 2. The van der Waals surface area contributed by atoms with Crippen molar-refractivity contribution in [1.82, 2.24) is 4.90 Å². The summed E-state index contributed by atoms with van der Waals surface area (Å²) in [5, 5.41) is 11.7. The van der Waals surface area contributed by atoms with E-state index in [1.54, 1.807) is 0 Å². The van der Waals surface area contributed by atoms with Crippen molar-refractivity contribution in [2.45, 2.75) is 63.0 Å². The molecular formula is C26H29NO3. The summed E-state index contributed by atoms with van der Waals surface area (Å²) in [4.78, 5) is 27.9. The summed E-state index contributed by atoms with van der Waals surface area (Å²) in [6.07, 6.45) is 6.96. The quantitative estimate of drug-likeness (QED) is 0.803. The van der Waals surface area contributed by atoms with Crippen LogP contribution < -0.4 is 0 Å². The minimum Gasteiger partial charge on any atom is -0.385 e. The van der Waals surface area contributed by atoms with Crippen LogP contribution in [0.15, 0.2) is 48.5 Å². The van der Waals surface area contributed by atoms with Gasteiger partial charge in [-0.05, 0) is 55.4 Å². The molecule has 3 aliphatic rings. The Morgan fingerprint density at radius 3 is 2.63 bits per heavy atom. The fraction of sp³-hybridized carbons (Fsp3) is 0.462. The molecule has 0 radical (unpaired) electrons. The fourth-order valence-electron chi connectivity index (χ4n) is 5.95. The average Bonchev–Trinajstić information content (AvgIpc) is 2.80. The van der Waals surface area contributed by atoms with Crippen LogP contribution in [-0.2, 0) is 12.0 Å². The molecule has 1 amide bonds. The minimum absolute atomic E-state index is 0.00295. The summed E-state index contributed by atoms with van der Waals surface area (Å²) in [5.74, 6) is 0.201. The van der Waals surface area contributed by atoms with E-state index in [1.165, 1.54) is 0 Å². The molecule has 1 heterocycles. The first-order chi connectivity index (χ1) is 14.6. The lowest BCUT2D eigenvalue weighted by Gasteiger charge is -2.52. The number of hydrogen-bond donors (Lipinski definition) is 1. The lowest BCUT2D eigenvalue weighted by atomic mass is 9.66. The molecule has 4 nitrogen and oxygen atoms in total. The third kappa shape index (κ3) is 3.18. The smallest absolute Gasteiger partial charge is 0.254 e. The van der Waals surface area contributed by atoms with E-state index in [1.807, 2.05) is 53.4 Å². The van der Waals surface area contributed by atoms with Crippen LogP contribution in [0.3, 0.4) is 0 Å². The zero-order chi connectivity index (χ0) is 20.7. The van der Waals surface area contributed by atoms with Crippen LogP contribution in [0.2, 0.25) is 0 Å². The van der Waals surface area contributed by atoms with Gasteiger partial charge in [-0.25, -0.2) is 0 Å². The van der Waals surface area contributed by atoms with Gasteiger partial charge in [-0.1, -0.05) is 49.2 Å². The Labute approximate surface area is 177 Å². The summed E-state index contributed by atoms with van der Waals surface area (Å²) in [6, 6.07) is 15.7. The van der Waals surface area contributed by atoms with Crippen molar-refractivity contribution in [2.24, 2.45) is 5.92 Å². The van der Waals surface area contributed by atoms with Crippen molar-refractivity contribution in [3.05, 3.63) is 70.8 Å². The van der Waals surface area contributed by atoms with Gasteiger partial charge in [0.05, 0.1) is 5.60 Å². The number of carbonyl (C=O) groups is 2. The van der Waals surface area contributed by atoms with Crippen molar-refractivity contribution < 1.29 is 14.7 Å². The minimum atomic E-state index is -0.880. The van der Waals surface area contributed by atoms with E-state index in [-0.39, 0.29) is 23.7 Å². The van der Waals surface area contributed by atoms with E-state index < -0.39 is 5.60 Å². The van der Waals surface area contributed by atoms with E-state index >= 15 is 0 Å². The van der Waals surface area contributed by atoms with Gasteiger partial charge < -0.3 is 10.0 Å². The van der Waals surface area contributed by atoms with E-state index in [0.717, 1.165) is 55.2 Å². The first kappa shape index (κ1) is 19.5. The van der Waals surface area contributed by atoms with Crippen molar-refractivity contribution in [2.75, 3.05) is 6.54 Å². The van der Waals surface area contributed by atoms with Gasteiger partial charge in [-0.3, -0.25) is 9.59 Å². The van der Waals surface area contributed by atoms with Crippen LogP contribution in [-0.4, -0.2) is 34.3 Å². The van der Waals surface area contributed by atoms with Crippen LogP contribution in [0.1, 0.15) is 76.8 Å². The molecule has 2 aliphatic carbocycles. The molecule has 30 heavy (non-hydrogen) atoms. The number of piperidine rings is 1. The number of aliphatic hydroxyl groups is 1. The molecule has 4 heteroatoms. The Morgan fingerprint density at radius 2 is 1.80 bits per heavy atom. The Bertz CT molecular complexity index is 969. The molecule has 1 N–H and O–H groups in total. The third-order valence-electron chi connectivity index (χ3n) is 7.52. The number of fused-ring (bicyclic) bond motifs is 2. The van der Waals surface area contributed by atoms with Gasteiger partial charge in [0.1, 0.15) is 0 Å². The summed E-state index contributed by atoms with van der Waals surface area (Å²) >= 11 is 0. The number of nitrogens with zero attached hydrogens (tertiary/aromatic N) is 1. The zero-order valence-electron chi connectivity index (χ0n) is 17.3. The van der Waals surface area contributed by atoms with Gasteiger partial charge in [0.2, 0.25) is 0 Å². The van der Waals surface area contributed by atoms with Crippen molar-refractivity contribution in [3.8, 4) is 0 Å². The fourth-order valence-corrected chi connectivity index (χ4v) is 5.95. The average molecular weight is 404 g/mol. The molecule has 2 aromatic carbocycles. The molecule has 2 aromatic rings. The number of benzene rings is 2. The molecule has 156 valence electrons. The van der Waals surface area contributed by atoms with Gasteiger partial charge in [-0.2, -0.15) is 0 Å². The standard InChI is InChI=1S/C26H29NO3/c28-24-12-6-7-18-13-14-19(17-21(18)24)25(29)27-16-15-26(30,20-8-2-1-3-9-20)22-10-4-5-11-23(22)27/h1-3,8-9,13-14,17,22-23,30H,4-7,10-12,15-16H2/t22-,23+,26?/m1/s1. The second kappa shape index (κ2) is 7.66. The highest BCUT2D eigenvalue weighted by molar-refractivity contribution is 6.02. The number of amides is 1. The SMILES string of the molecule is O=C1CCCc2ccc(C(=O)N3CCC(O)(c4ccccc4)[C@@H]4CCCC[C@@H]43)cc21. The molecule has 1 saturated heterocycles. The van der Waals surface area contributed by atoms with Crippen LogP contribution in [0, 0.1) is 5.92 Å². The Kier molecular flexibility index (Phi) is 4.98. The van der Waals surface area contributed by atoms with E-state index in [9.17, 15) is 14.7 Å². The normalized spacial score (nSPS) is 28.6. The topological polar surface area (TPSA) is 57.6 Å². The number of carbonyl (C=O) groups excluding carboxylic acids is 2. The second-order valence-electron chi connectivity index (χ2n) is 9.15. The molecule has 0 spiro atoms. The first-order valence-corrected chi connectivity index (χ1v) is 11.3. The van der Waals surface area contributed by atoms with E-state index in [4.69, 9.17) is 0 Å². The van der Waals surface area contributed by atoms with Gasteiger partial charge >= 0.3 is 0 Å².